The first kappa shape index (κ1) is 21.8. The van der Waals surface area contributed by atoms with Gasteiger partial charge in [0.15, 0.2) is 0 Å². The van der Waals surface area contributed by atoms with Crippen molar-refractivity contribution in [1.29, 1.82) is 0 Å². The monoisotopic (exact) mass is 395 g/mol. The van der Waals surface area contributed by atoms with Gasteiger partial charge in [-0.3, -0.25) is 9.36 Å². The van der Waals surface area contributed by atoms with Gasteiger partial charge in [-0.15, -0.1) is 12.4 Å². The quantitative estimate of drug-likeness (QED) is 0.721. The minimum absolute atomic E-state index is 0. The van der Waals surface area contributed by atoms with Crippen molar-refractivity contribution < 1.29 is 10.2 Å². The van der Waals surface area contributed by atoms with Crippen molar-refractivity contribution >= 4 is 23.3 Å². The highest BCUT2D eigenvalue weighted by molar-refractivity contribution is 5.85. The van der Waals surface area contributed by atoms with E-state index in [4.69, 9.17) is 0 Å². The molecule has 3 atom stereocenters. The second kappa shape index (κ2) is 9.15. The number of aliphatic hydroxyl groups excluding tert-OH is 2. The lowest BCUT2D eigenvalue weighted by atomic mass is 9.96. The summed E-state index contributed by atoms with van der Waals surface area (Å²) in [5.74, 6) is 0.329. The molecule has 0 unspecified atom stereocenters. The molecule has 1 aromatic heterocycles. The van der Waals surface area contributed by atoms with Gasteiger partial charge in [-0.1, -0.05) is 19.9 Å². The van der Waals surface area contributed by atoms with E-state index in [9.17, 15) is 15.0 Å². The van der Waals surface area contributed by atoms with Crippen LogP contribution >= 0.6 is 12.4 Å². The first-order valence-corrected chi connectivity index (χ1v) is 9.46. The average Bonchev–Trinajstić information content (AvgIpc) is 2.59. The fraction of sp³-hybridized carbons (Fsp3) is 0.600. The van der Waals surface area contributed by atoms with Gasteiger partial charge >= 0.3 is 0 Å². The standard InChI is InChI=1S/C20H29N3O3.ClH/c1-12(2)14-7-13(3)19-16(8-14)20(26)23(11-22-19)10-15(24)9-17-18(25)5-4-6-21-17;/h7-8,11-12,15,17-18,21,24-25H,4-6,9-10H2,1-3H3;1H/t15-,17+,18-;/m0./s1. The molecule has 6 nitrogen and oxygen atoms in total. The zero-order valence-electron chi connectivity index (χ0n) is 16.2. The van der Waals surface area contributed by atoms with Gasteiger partial charge < -0.3 is 15.5 Å². The zero-order valence-corrected chi connectivity index (χ0v) is 17.0. The third kappa shape index (κ3) is 4.88. The molecular weight excluding hydrogens is 366 g/mol. The molecule has 0 bridgehead atoms. The highest BCUT2D eigenvalue weighted by Gasteiger charge is 2.25. The van der Waals surface area contributed by atoms with Gasteiger partial charge in [-0.05, 0) is 55.8 Å². The van der Waals surface area contributed by atoms with Crippen LogP contribution in [0.25, 0.3) is 10.9 Å². The molecule has 1 aliphatic rings. The summed E-state index contributed by atoms with van der Waals surface area (Å²) in [4.78, 5) is 17.3. The van der Waals surface area contributed by atoms with Crippen molar-refractivity contribution in [3.8, 4) is 0 Å². The van der Waals surface area contributed by atoms with Crippen molar-refractivity contribution in [2.75, 3.05) is 6.54 Å². The molecule has 0 amide bonds. The van der Waals surface area contributed by atoms with E-state index in [1.165, 1.54) is 10.9 Å². The topological polar surface area (TPSA) is 87.4 Å². The van der Waals surface area contributed by atoms with Crippen LogP contribution in [-0.4, -0.2) is 44.6 Å². The van der Waals surface area contributed by atoms with Crippen LogP contribution in [-0.2, 0) is 6.54 Å². The number of aliphatic hydroxyl groups is 2. The Hall–Kier alpha value is -1.47. The lowest BCUT2D eigenvalue weighted by Gasteiger charge is -2.30. The Bertz CT molecular complexity index is 837. The molecule has 0 aliphatic carbocycles. The van der Waals surface area contributed by atoms with Crippen molar-refractivity contribution in [2.24, 2.45) is 0 Å². The number of aryl methyl sites for hydroxylation is 1. The van der Waals surface area contributed by atoms with Crippen LogP contribution in [0.4, 0.5) is 0 Å². The van der Waals surface area contributed by atoms with Gasteiger partial charge in [-0.25, -0.2) is 4.98 Å². The SMILES string of the molecule is Cc1cc(C(C)C)cc2c(=O)n(C[C@@H](O)C[C@H]3NCCC[C@@H]3O)cnc12.Cl. The smallest absolute Gasteiger partial charge is 0.261 e. The van der Waals surface area contributed by atoms with Crippen LogP contribution in [0, 0.1) is 6.92 Å². The lowest BCUT2D eigenvalue weighted by Crippen LogP contribution is -2.47. The van der Waals surface area contributed by atoms with Gasteiger partial charge in [0.2, 0.25) is 0 Å². The van der Waals surface area contributed by atoms with Crippen LogP contribution in [0.3, 0.4) is 0 Å². The van der Waals surface area contributed by atoms with E-state index in [1.807, 2.05) is 13.0 Å². The molecule has 2 aromatic rings. The Morgan fingerprint density at radius 1 is 1.37 bits per heavy atom. The van der Waals surface area contributed by atoms with Crippen molar-refractivity contribution in [3.63, 3.8) is 0 Å². The Kier molecular flexibility index (Phi) is 7.40. The number of rotatable bonds is 5. The summed E-state index contributed by atoms with van der Waals surface area (Å²) in [6, 6.07) is 3.87. The van der Waals surface area contributed by atoms with E-state index >= 15 is 0 Å². The van der Waals surface area contributed by atoms with Crippen LogP contribution in [0.5, 0.6) is 0 Å². The Balaban J connectivity index is 0.00000261. The summed E-state index contributed by atoms with van der Waals surface area (Å²) in [5, 5.41) is 24.3. The molecule has 27 heavy (non-hydrogen) atoms. The molecule has 1 saturated heterocycles. The molecule has 1 aliphatic heterocycles. The molecule has 2 heterocycles. The summed E-state index contributed by atoms with van der Waals surface area (Å²) >= 11 is 0. The van der Waals surface area contributed by atoms with Crippen molar-refractivity contribution in [1.82, 2.24) is 14.9 Å². The molecule has 7 heteroatoms. The fourth-order valence-electron chi connectivity index (χ4n) is 3.71. The molecule has 150 valence electrons. The minimum atomic E-state index is -0.716. The van der Waals surface area contributed by atoms with Gasteiger partial charge in [-0.2, -0.15) is 0 Å². The van der Waals surface area contributed by atoms with Crippen LogP contribution < -0.4 is 10.9 Å². The predicted molar refractivity (Wildman–Crippen MR) is 110 cm³/mol. The second-order valence-corrected chi connectivity index (χ2v) is 7.75. The third-order valence-electron chi connectivity index (χ3n) is 5.29. The maximum atomic E-state index is 12.9. The van der Waals surface area contributed by atoms with Gasteiger partial charge in [0.1, 0.15) is 0 Å². The summed E-state index contributed by atoms with van der Waals surface area (Å²) < 4.78 is 1.48. The fourth-order valence-corrected chi connectivity index (χ4v) is 3.71. The first-order chi connectivity index (χ1) is 12.4. The molecular formula is C20H30ClN3O3. The number of piperidine rings is 1. The molecule has 0 spiro atoms. The average molecular weight is 396 g/mol. The van der Waals surface area contributed by atoms with Crippen LogP contribution in [0.1, 0.15) is 50.2 Å². The van der Waals surface area contributed by atoms with Crippen LogP contribution in [0.15, 0.2) is 23.3 Å². The molecule has 3 rings (SSSR count). The summed E-state index contributed by atoms with van der Waals surface area (Å²) in [7, 11) is 0. The number of nitrogens with one attached hydrogen (secondary N) is 1. The first-order valence-electron chi connectivity index (χ1n) is 9.46. The zero-order chi connectivity index (χ0) is 18.8. The maximum absolute atomic E-state index is 12.9. The number of halogens is 1. The van der Waals surface area contributed by atoms with E-state index in [0.717, 1.165) is 36.0 Å². The third-order valence-corrected chi connectivity index (χ3v) is 5.29. The Morgan fingerprint density at radius 2 is 2.11 bits per heavy atom. The lowest BCUT2D eigenvalue weighted by molar-refractivity contribution is 0.0539. The van der Waals surface area contributed by atoms with E-state index in [1.54, 1.807) is 0 Å². The van der Waals surface area contributed by atoms with Crippen molar-refractivity contribution in [3.05, 3.63) is 39.9 Å². The van der Waals surface area contributed by atoms with E-state index < -0.39 is 12.2 Å². The van der Waals surface area contributed by atoms with E-state index in [0.29, 0.717) is 17.7 Å². The Labute approximate surface area is 166 Å². The summed E-state index contributed by atoms with van der Waals surface area (Å²) in [5.41, 5.74) is 2.69. The number of hydrogen-bond donors (Lipinski definition) is 3. The molecule has 0 radical (unpaired) electrons. The van der Waals surface area contributed by atoms with Crippen molar-refractivity contribution in [2.45, 2.75) is 70.7 Å². The normalized spacial score (nSPS) is 21.3. The number of benzene rings is 1. The summed E-state index contributed by atoms with van der Waals surface area (Å²) in [6.07, 6.45) is 2.46. The van der Waals surface area contributed by atoms with E-state index in [2.05, 4.69) is 30.2 Å². The number of aromatic nitrogens is 2. The Morgan fingerprint density at radius 3 is 2.78 bits per heavy atom. The number of nitrogens with zero attached hydrogens (tertiary/aromatic N) is 2. The molecule has 0 saturated carbocycles. The minimum Gasteiger partial charge on any atom is -0.392 e. The van der Waals surface area contributed by atoms with Gasteiger partial charge in [0.05, 0.1) is 36.0 Å². The largest absolute Gasteiger partial charge is 0.392 e. The second-order valence-electron chi connectivity index (χ2n) is 7.75. The molecule has 1 aromatic carbocycles. The molecule has 1 fully saturated rings. The molecule has 3 N–H and O–H groups in total. The van der Waals surface area contributed by atoms with Crippen LogP contribution in [0.2, 0.25) is 0 Å². The predicted octanol–water partition coefficient (Wildman–Crippen LogP) is 2.11. The highest BCUT2D eigenvalue weighted by atomic mass is 35.5. The maximum Gasteiger partial charge on any atom is 0.261 e. The number of hydrogen-bond acceptors (Lipinski definition) is 5. The number of fused-ring (bicyclic) bond motifs is 1. The van der Waals surface area contributed by atoms with E-state index in [-0.39, 0.29) is 30.6 Å². The summed E-state index contributed by atoms with van der Waals surface area (Å²) in [6.45, 7) is 7.19. The van der Waals surface area contributed by atoms with Gasteiger partial charge in [0.25, 0.3) is 5.56 Å². The van der Waals surface area contributed by atoms with Gasteiger partial charge in [0, 0.05) is 6.04 Å². The highest BCUT2D eigenvalue weighted by Crippen LogP contribution is 2.21.